The molecule has 0 unspecified atom stereocenters. The molecule has 0 aliphatic carbocycles. The van der Waals surface area contributed by atoms with Gasteiger partial charge in [0.2, 0.25) is 5.91 Å². The topological polar surface area (TPSA) is 52.2 Å². The lowest BCUT2D eigenvalue weighted by molar-refractivity contribution is -0.140. The Morgan fingerprint density at radius 2 is 1.80 bits per heavy atom. The first kappa shape index (κ1) is 23.5. The number of carbonyl (C=O) groups excluding carboxylic acids is 1. The molecule has 0 atom stereocenters. The van der Waals surface area contributed by atoms with Crippen molar-refractivity contribution in [3.63, 3.8) is 0 Å². The number of aromatic amines is 1. The first-order valence-corrected chi connectivity index (χ1v) is 11.7. The predicted molar refractivity (Wildman–Crippen MR) is 123 cm³/mol. The lowest BCUT2D eigenvalue weighted by Gasteiger charge is -2.40. The zero-order valence-corrected chi connectivity index (χ0v) is 19.3. The minimum absolute atomic E-state index is 0.179. The molecule has 2 aromatic carbocycles. The Morgan fingerprint density at radius 3 is 2.49 bits per heavy atom. The summed E-state index contributed by atoms with van der Waals surface area (Å²) < 4.78 is 52.6. The molecule has 1 saturated heterocycles. The molecule has 5 rings (SSSR count). The Hall–Kier alpha value is -3.20. The number of fused-ring (bicyclic) bond motifs is 1. The second-order valence-electron chi connectivity index (χ2n) is 9.32. The van der Waals surface area contributed by atoms with Crippen LogP contribution in [0, 0.1) is 12.7 Å². The fourth-order valence-electron chi connectivity index (χ4n) is 5.03. The number of halogens is 4. The highest BCUT2D eigenvalue weighted by molar-refractivity contribution is 5.81. The van der Waals surface area contributed by atoms with E-state index < -0.39 is 17.6 Å². The number of nitrogens with one attached hydrogen (secondary N) is 1. The maximum Gasteiger partial charge on any atom is 0.419 e. The third-order valence-electron chi connectivity index (χ3n) is 7.03. The van der Waals surface area contributed by atoms with E-state index in [0.29, 0.717) is 25.3 Å². The summed E-state index contributed by atoms with van der Waals surface area (Å²) in [5.41, 5.74) is 2.89. The zero-order valence-electron chi connectivity index (χ0n) is 19.3. The van der Waals surface area contributed by atoms with Gasteiger partial charge in [-0.2, -0.15) is 13.2 Å². The number of imidazole rings is 1. The van der Waals surface area contributed by atoms with E-state index in [2.05, 4.69) is 20.9 Å². The molecule has 1 N–H and O–H groups in total. The summed E-state index contributed by atoms with van der Waals surface area (Å²) in [4.78, 5) is 24.6. The number of benzene rings is 2. The summed E-state index contributed by atoms with van der Waals surface area (Å²) in [5, 5.41) is 0. The van der Waals surface area contributed by atoms with Gasteiger partial charge in [-0.3, -0.25) is 9.69 Å². The number of nitrogens with zero attached hydrogens (tertiary/aromatic N) is 3. The fraction of sp³-hybridized carbons (Fsp3) is 0.385. The average Bonchev–Trinajstić information content (AvgIpc) is 3.18. The van der Waals surface area contributed by atoms with Gasteiger partial charge in [0.25, 0.3) is 0 Å². The molecular weight excluding hydrogens is 460 g/mol. The number of aromatic nitrogens is 2. The predicted octanol–water partition coefficient (Wildman–Crippen LogP) is 5.09. The third kappa shape index (κ3) is 4.82. The number of H-pyrrole nitrogens is 1. The number of hydrogen-bond donors (Lipinski definition) is 1. The van der Waals surface area contributed by atoms with Gasteiger partial charge in [-0.25, -0.2) is 9.37 Å². The number of alkyl halides is 3. The Morgan fingerprint density at radius 1 is 1.09 bits per heavy atom. The minimum atomic E-state index is -4.73. The number of carbonyl (C=O) groups is 1. The summed E-state index contributed by atoms with van der Waals surface area (Å²) in [6.45, 7) is 4.71. The standard InChI is InChI=1S/C26H26F4N4O/c1-16-23(32-25(31-16)18-6-7-21(22(27)12-18)26(28,29)30)15-33-10-8-20(9-11-33)34-14-19-5-3-2-4-17(19)13-24(34)35/h2-7,12,20H,8-11,13-15H2,1H3,(H,31,32). The fourth-order valence-corrected chi connectivity index (χ4v) is 5.03. The number of amides is 1. The van der Waals surface area contributed by atoms with Crippen molar-refractivity contribution in [3.05, 3.63) is 76.4 Å². The minimum Gasteiger partial charge on any atom is -0.342 e. The SMILES string of the molecule is Cc1[nH]c(-c2ccc(C(F)(F)F)c(F)c2)nc1CN1CCC(N2Cc3ccccc3CC2=O)CC1. The Labute approximate surface area is 200 Å². The number of piperidine rings is 1. The number of rotatable bonds is 4. The Balaban J connectivity index is 1.22. The van der Waals surface area contributed by atoms with Crippen molar-refractivity contribution in [2.24, 2.45) is 0 Å². The summed E-state index contributed by atoms with van der Waals surface area (Å²) >= 11 is 0. The molecule has 0 spiro atoms. The van der Waals surface area contributed by atoms with Gasteiger partial charge in [-0.05, 0) is 43.0 Å². The molecule has 2 aliphatic rings. The van der Waals surface area contributed by atoms with Crippen LogP contribution in [0.15, 0.2) is 42.5 Å². The van der Waals surface area contributed by atoms with E-state index in [1.165, 1.54) is 11.6 Å². The number of likely N-dealkylation sites (tertiary alicyclic amines) is 1. The highest BCUT2D eigenvalue weighted by Crippen LogP contribution is 2.33. The van der Waals surface area contributed by atoms with Crippen LogP contribution < -0.4 is 0 Å². The van der Waals surface area contributed by atoms with Gasteiger partial charge in [-0.1, -0.05) is 30.3 Å². The van der Waals surface area contributed by atoms with Crippen molar-refractivity contribution in [1.82, 2.24) is 19.8 Å². The molecule has 0 bridgehead atoms. The van der Waals surface area contributed by atoms with E-state index in [4.69, 9.17) is 0 Å². The van der Waals surface area contributed by atoms with E-state index in [1.807, 2.05) is 30.0 Å². The summed E-state index contributed by atoms with van der Waals surface area (Å²) in [6, 6.07) is 11.1. The molecule has 5 nitrogen and oxygen atoms in total. The molecule has 1 amide bonds. The third-order valence-corrected chi connectivity index (χ3v) is 7.03. The smallest absolute Gasteiger partial charge is 0.342 e. The van der Waals surface area contributed by atoms with Gasteiger partial charge >= 0.3 is 6.18 Å². The summed E-state index contributed by atoms with van der Waals surface area (Å²) in [6.07, 6.45) is -2.54. The van der Waals surface area contributed by atoms with Crippen LogP contribution in [-0.2, 0) is 30.5 Å². The molecule has 1 fully saturated rings. The van der Waals surface area contributed by atoms with E-state index in [0.717, 1.165) is 55.0 Å². The summed E-state index contributed by atoms with van der Waals surface area (Å²) in [7, 11) is 0. The van der Waals surface area contributed by atoms with E-state index >= 15 is 0 Å². The first-order chi connectivity index (χ1) is 16.7. The number of hydrogen-bond acceptors (Lipinski definition) is 3. The van der Waals surface area contributed by atoms with Crippen LogP contribution in [-0.4, -0.2) is 44.8 Å². The van der Waals surface area contributed by atoms with Crippen LogP contribution in [0.2, 0.25) is 0 Å². The van der Waals surface area contributed by atoms with Gasteiger partial charge in [0.1, 0.15) is 11.6 Å². The van der Waals surface area contributed by atoms with Crippen LogP contribution in [0.25, 0.3) is 11.4 Å². The molecule has 0 radical (unpaired) electrons. The van der Waals surface area contributed by atoms with Crippen molar-refractivity contribution in [3.8, 4) is 11.4 Å². The Bertz CT molecular complexity index is 1240. The monoisotopic (exact) mass is 486 g/mol. The maximum atomic E-state index is 14.0. The quantitative estimate of drug-likeness (QED) is 0.523. The number of aryl methyl sites for hydroxylation is 1. The van der Waals surface area contributed by atoms with Gasteiger partial charge in [0, 0.05) is 43.5 Å². The average molecular weight is 487 g/mol. The molecule has 35 heavy (non-hydrogen) atoms. The van der Waals surface area contributed by atoms with Crippen molar-refractivity contribution in [1.29, 1.82) is 0 Å². The van der Waals surface area contributed by atoms with Crippen LogP contribution in [0.1, 0.15) is 40.9 Å². The van der Waals surface area contributed by atoms with Crippen LogP contribution in [0.4, 0.5) is 17.6 Å². The van der Waals surface area contributed by atoms with Gasteiger partial charge in [-0.15, -0.1) is 0 Å². The van der Waals surface area contributed by atoms with Crippen LogP contribution in [0.5, 0.6) is 0 Å². The van der Waals surface area contributed by atoms with Crippen molar-refractivity contribution in [2.45, 2.75) is 51.5 Å². The second-order valence-corrected chi connectivity index (χ2v) is 9.32. The maximum absolute atomic E-state index is 14.0. The molecule has 3 aromatic rings. The molecule has 0 saturated carbocycles. The van der Waals surface area contributed by atoms with Crippen molar-refractivity contribution in [2.75, 3.05) is 13.1 Å². The molecule has 1 aromatic heterocycles. The van der Waals surface area contributed by atoms with Crippen molar-refractivity contribution >= 4 is 5.91 Å². The molecule has 3 heterocycles. The van der Waals surface area contributed by atoms with Gasteiger partial charge < -0.3 is 9.88 Å². The van der Waals surface area contributed by atoms with Crippen molar-refractivity contribution < 1.29 is 22.4 Å². The highest BCUT2D eigenvalue weighted by atomic mass is 19.4. The van der Waals surface area contributed by atoms with E-state index in [9.17, 15) is 22.4 Å². The normalized spacial score (nSPS) is 17.6. The molecular formula is C26H26F4N4O. The first-order valence-electron chi connectivity index (χ1n) is 11.7. The largest absolute Gasteiger partial charge is 0.419 e. The molecule has 9 heteroatoms. The second kappa shape index (κ2) is 9.11. The van der Waals surface area contributed by atoms with Gasteiger partial charge in [0.05, 0.1) is 17.7 Å². The van der Waals surface area contributed by atoms with Gasteiger partial charge in [0.15, 0.2) is 0 Å². The lowest BCUT2D eigenvalue weighted by Crippen LogP contribution is -2.48. The Kier molecular flexibility index (Phi) is 6.13. The van der Waals surface area contributed by atoms with E-state index in [1.54, 1.807) is 0 Å². The molecule has 184 valence electrons. The van der Waals surface area contributed by atoms with Crippen LogP contribution in [0.3, 0.4) is 0 Å². The zero-order chi connectivity index (χ0) is 24.7. The lowest BCUT2D eigenvalue weighted by atomic mass is 9.95. The summed E-state index contributed by atoms with van der Waals surface area (Å²) in [5.74, 6) is -0.793. The van der Waals surface area contributed by atoms with Crippen LogP contribution >= 0.6 is 0 Å². The molecule has 2 aliphatic heterocycles. The highest BCUT2D eigenvalue weighted by Gasteiger charge is 2.34. The van der Waals surface area contributed by atoms with E-state index in [-0.39, 0.29) is 17.5 Å².